The van der Waals surface area contributed by atoms with Gasteiger partial charge in [0.2, 0.25) is 0 Å². The number of rotatable bonds is 8. The summed E-state index contributed by atoms with van der Waals surface area (Å²) in [5.74, 6) is 4.50. The number of amides is 3. The molecule has 3 amide bonds. The molecule has 0 unspecified atom stereocenters. The summed E-state index contributed by atoms with van der Waals surface area (Å²) in [7, 11) is 0. The first kappa shape index (κ1) is 27.0. The van der Waals surface area contributed by atoms with Crippen LogP contribution in [0.15, 0.2) is 54.6 Å². The second-order valence-electron chi connectivity index (χ2n) is 8.32. The van der Waals surface area contributed by atoms with Crippen molar-refractivity contribution in [1.82, 2.24) is 21.2 Å². The molecule has 35 heavy (non-hydrogen) atoms. The highest BCUT2D eigenvalue weighted by atomic mass is 16.6. The van der Waals surface area contributed by atoms with Crippen LogP contribution in [0, 0.1) is 11.8 Å². The van der Waals surface area contributed by atoms with Gasteiger partial charge in [0.15, 0.2) is 0 Å². The Kier molecular flexibility index (Phi) is 9.96. The van der Waals surface area contributed by atoms with Crippen LogP contribution in [0.2, 0.25) is 0 Å². The zero-order valence-electron chi connectivity index (χ0n) is 19.7. The van der Waals surface area contributed by atoms with Crippen molar-refractivity contribution < 1.29 is 29.1 Å². The zero-order valence-corrected chi connectivity index (χ0v) is 19.7. The van der Waals surface area contributed by atoms with Gasteiger partial charge in [-0.2, -0.15) is 0 Å². The summed E-state index contributed by atoms with van der Waals surface area (Å²) in [6.07, 6.45) is -0.370. The molecule has 0 bridgehead atoms. The number of hydrogen-bond acceptors (Lipinski definition) is 7. The predicted molar refractivity (Wildman–Crippen MR) is 127 cm³/mol. The largest absolute Gasteiger partial charge is 0.443 e. The molecular weight excluding hydrogens is 452 g/mol. The van der Waals surface area contributed by atoms with E-state index in [2.05, 4.69) is 22.6 Å². The molecule has 0 saturated heterocycles. The minimum atomic E-state index is -1.28. The Bertz CT molecular complexity index is 1080. The lowest BCUT2D eigenvalue weighted by Gasteiger charge is -2.27. The fourth-order valence-corrected chi connectivity index (χ4v) is 2.70. The van der Waals surface area contributed by atoms with Crippen molar-refractivity contribution >= 4 is 24.2 Å². The van der Waals surface area contributed by atoms with E-state index in [1.165, 1.54) is 5.48 Å². The molecule has 0 fully saturated rings. The highest BCUT2D eigenvalue weighted by molar-refractivity contribution is 5.97. The van der Waals surface area contributed by atoms with Gasteiger partial charge in [-0.25, -0.2) is 20.7 Å². The molecule has 184 valence electrons. The summed E-state index contributed by atoms with van der Waals surface area (Å²) in [5.41, 5.74) is 5.04. The number of aldehydes is 1. The van der Waals surface area contributed by atoms with Crippen LogP contribution < -0.4 is 16.2 Å². The number of hydrazine groups is 1. The van der Waals surface area contributed by atoms with Gasteiger partial charge < -0.3 is 14.8 Å². The van der Waals surface area contributed by atoms with Crippen LogP contribution in [-0.4, -0.2) is 59.1 Å². The third-order valence-electron chi connectivity index (χ3n) is 4.36. The maximum Gasteiger partial charge on any atom is 0.425 e. The summed E-state index contributed by atoms with van der Waals surface area (Å²) < 4.78 is 5.20. The molecule has 2 rings (SSSR count). The summed E-state index contributed by atoms with van der Waals surface area (Å²) in [5, 5.41) is 12.4. The van der Waals surface area contributed by atoms with Gasteiger partial charge in [0, 0.05) is 23.2 Å². The van der Waals surface area contributed by atoms with Gasteiger partial charge in [-0.3, -0.25) is 14.8 Å². The first-order chi connectivity index (χ1) is 16.6. The number of hydroxylamine groups is 1. The van der Waals surface area contributed by atoms with Crippen LogP contribution in [-0.2, 0) is 14.3 Å². The fraction of sp³-hybridized carbons (Fsp3) is 0.280. The van der Waals surface area contributed by atoms with E-state index in [1.54, 1.807) is 45.0 Å². The van der Waals surface area contributed by atoms with Crippen LogP contribution in [0.25, 0.3) is 0 Å². The maximum absolute atomic E-state index is 12.7. The summed E-state index contributed by atoms with van der Waals surface area (Å²) in [6.45, 7) is 4.30. The van der Waals surface area contributed by atoms with Gasteiger partial charge in [-0.05, 0) is 57.2 Å². The third kappa shape index (κ3) is 9.29. The summed E-state index contributed by atoms with van der Waals surface area (Å²) >= 11 is 0. The average Bonchev–Trinajstić information content (AvgIpc) is 2.83. The topological polar surface area (TPSA) is 137 Å². The highest BCUT2D eigenvalue weighted by Crippen LogP contribution is 2.09. The van der Waals surface area contributed by atoms with E-state index in [4.69, 9.17) is 9.94 Å². The Morgan fingerprint density at radius 3 is 2.17 bits per heavy atom. The quantitative estimate of drug-likeness (QED) is 0.195. The predicted octanol–water partition coefficient (Wildman–Crippen LogP) is 1.63. The molecule has 1 atom stereocenters. The normalized spacial score (nSPS) is 11.3. The Morgan fingerprint density at radius 2 is 1.63 bits per heavy atom. The standard InChI is InChI=1S/C25H28N4O6/c1-25(2,3)35-24(33)29(15-16-30)26-17-21(23(32)28-34)27-22(31)20-13-11-19(12-14-20)10-9-18-7-5-4-6-8-18/h4-8,11-14,16,21,26,34H,15,17H2,1-3H3,(H,27,31)(H,28,32)/t21-/m0/s1. The monoisotopic (exact) mass is 480 g/mol. The number of nitrogens with zero attached hydrogens (tertiary/aromatic N) is 1. The number of nitrogens with one attached hydrogen (secondary N) is 3. The lowest BCUT2D eigenvalue weighted by Crippen LogP contribution is -2.56. The molecule has 0 spiro atoms. The summed E-state index contributed by atoms with van der Waals surface area (Å²) in [6, 6.07) is 14.6. The van der Waals surface area contributed by atoms with Gasteiger partial charge in [0.25, 0.3) is 11.8 Å². The van der Waals surface area contributed by atoms with E-state index >= 15 is 0 Å². The van der Waals surface area contributed by atoms with Crippen molar-refractivity contribution in [2.24, 2.45) is 0 Å². The molecule has 0 heterocycles. The second kappa shape index (κ2) is 12.9. The Hall–Kier alpha value is -4.20. The van der Waals surface area contributed by atoms with Crippen LogP contribution in [0.5, 0.6) is 0 Å². The number of hydrogen-bond donors (Lipinski definition) is 4. The van der Waals surface area contributed by atoms with Gasteiger partial charge in [0.05, 0.1) is 6.54 Å². The number of carbonyl (C=O) groups is 4. The molecule has 0 saturated carbocycles. The van der Waals surface area contributed by atoms with Crippen molar-refractivity contribution in [2.45, 2.75) is 32.4 Å². The Labute approximate surface area is 203 Å². The lowest BCUT2D eigenvalue weighted by atomic mass is 10.1. The zero-order chi connectivity index (χ0) is 25.8. The van der Waals surface area contributed by atoms with Crippen LogP contribution in [0.1, 0.15) is 42.3 Å². The average molecular weight is 481 g/mol. The molecule has 10 nitrogen and oxygen atoms in total. The number of carbonyl (C=O) groups excluding carboxylic acids is 4. The lowest BCUT2D eigenvalue weighted by molar-refractivity contribution is -0.131. The van der Waals surface area contributed by atoms with Crippen LogP contribution >= 0.6 is 0 Å². The van der Waals surface area contributed by atoms with Crippen molar-refractivity contribution in [2.75, 3.05) is 13.1 Å². The number of ether oxygens (including phenoxy) is 1. The number of benzene rings is 2. The molecule has 2 aromatic rings. The van der Waals surface area contributed by atoms with E-state index in [-0.39, 0.29) is 18.7 Å². The van der Waals surface area contributed by atoms with Gasteiger partial charge in [-0.1, -0.05) is 30.0 Å². The minimum Gasteiger partial charge on any atom is -0.443 e. The third-order valence-corrected chi connectivity index (χ3v) is 4.36. The molecular formula is C25H28N4O6. The highest BCUT2D eigenvalue weighted by Gasteiger charge is 2.26. The minimum absolute atomic E-state index is 0.253. The maximum atomic E-state index is 12.7. The van der Waals surface area contributed by atoms with E-state index in [0.29, 0.717) is 11.8 Å². The van der Waals surface area contributed by atoms with E-state index in [1.807, 2.05) is 30.3 Å². The van der Waals surface area contributed by atoms with Crippen molar-refractivity contribution in [1.29, 1.82) is 0 Å². The fourth-order valence-electron chi connectivity index (χ4n) is 2.70. The van der Waals surface area contributed by atoms with Crippen molar-refractivity contribution in [3.63, 3.8) is 0 Å². The second-order valence-corrected chi connectivity index (χ2v) is 8.32. The summed E-state index contributed by atoms with van der Waals surface area (Å²) in [4.78, 5) is 47.9. The molecule has 10 heteroatoms. The van der Waals surface area contributed by atoms with E-state index < -0.39 is 29.6 Å². The molecule has 0 radical (unpaired) electrons. The molecule has 2 aromatic carbocycles. The van der Waals surface area contributed by atoms with Crippen molar-refractivity contribution in [3.05, 3.63) is 71.3 Å². The van der Waals surface area contributed by atoms with E-state index in [9.17, 15) is 19.2 Å². The molecule has 0 aromatic heterocycles. The Balaban J connectivity index is 2.05. The Morgan fingerprint density at radius 1 is 1.03 bits per heavy atom. The van der Waals surface area contributed by atoms with Gasteiger partial charge >= 0.3 is 6.09 Å². The van der Waals surface area contributed by atoms with Gasteiger partial charge in [-0.15, -0.1) is 0 Å². The van der Waals surface area contributed by atoms with Crippen LogP contribution in [0.3, 0.4) is 0 Å². The SMILES string of the molecule is CC(C)(C)OC(=O)N(CC=O)NC[C@H](NC(=O)c1ccc(C#Cc2ccccc2)cc1)C(=O)NO. The first-order valence-electron chi connectivity index (χ1n) is 10.7. The van der Waals surface area contributed by atoms with Crippen molar-refractivity contribution in [3.8, 4) is 11.8 Å². The smallest absolute Gasteiger partial charge is 0.425 e. The molecule has 0 aliphatic rings. The van der Waals surface area contributed by atoms with Crippen LogP contribution in [0.4, 0.5) is 4.79 Å². The van der Waals surface area contributed by atoms with E-state index in [0.717, 1.165) is 10.6 Å². The molecule has 4 N–H and O–H groups in total. The molecule has 0 aliphatic carbocycles. The first-order valence-corrected chi connectivity index (χ1v) is 10.7. The molecule has 0 aliphatic heterocycles. The van der Waals surface area contributed by atoms with Gasteiger partial charge in [0.1, 0.15) is 17.9 Å².